The molecule has 25 heavy (non-hydrogen) atoms. The molecular formula is C18H20N4O3. The highest BCUT2D eigenvalue weighted by Gasteiger charge is 2.25. The van der Waals surface area contributed by atoms with Crippen LogP contribution in [0.25, 0.3) is 11.1 Å². The predicted molar refractivity (Wildman–Crippen MR) is 94.1 cm³/mol. The summed E-state index contributed by atoms with van der Waals surface area (Å²) in [6, 6.07) is 8.11. The van der Waals surface area contributed by atoms with Gasteiger partial charge in [0.15, 0.2) is 0 Å². The van der Waals surface area contributed by atoms with Gasteiger partial charge in [0.2, 0.25) is 5.69 Å². The van der Waals surface area contributed by atoms with Crippen LogP contribution in [0.1, 0.15) is 36.8 Å². The number of hydrogen-bond donors (Lipinski definition) is 0. The van der Waals surface area contributed by atoms with Crippen LogP contribution in [-0.4, -0.2) is 34.2 Å². The van der Waals surface area contributed by atoms with Crippen molar-refractivity contribution >= 4 is 28.6 Å². The second kappa shape index (κ2) is 7.29. The minimum Gasteiger partial charge on any atom is -0.461 e. The second-order valence-electron chi connectivity index (χ2n) is 5.36. The number of aryl methyl sites for hydroxylation is 1. The van der Waals surface area contributed by atoms with E-state index in [0.29, 0.717) is 17.7 Å². The van der Waals surface area contributed by atoms with Gasteiger partial charge in [-0.1, -0.05) is 30.3 Å². The fourth-order valence-corrected chi connectivity index (χ4v) is 2.82. The minimum absolute atomic E-state index is 0.0971. The van der Waals surface area contributed by atoms with Gasteiger partial charge in [-0.15, -0.1) is 0 Å². The molecule has 0 amide bonds. The molecular weight excluding hydrogens is 320 g/mol. The summed E-state index contributed by atoms with van der Waals surface area (Å²) in [4.78, 5) is 22.7. The lowest BCUT2D eigenvalue weighted by Crippen LogP contribution is -2.20. The number of para-hydroxylation sites is 1. The Bertz CT molecular complexity index is 891. The summed E-state index contributed by atoms with van der Waals surface area (Å²) in [6.07, 6.45) is 2.30. The van der Waals surface area contributed by atoms with Crippen LogP contribution in [-0.2, 0) is 11.2 Å². The van der Waals surface area contributed by atoms with Crippen molar-refractivity contribution in [2.24, 2.45) is 0 Å². The van der Waals surface area contributed by atoms with Crippen molar-refractivity contribution in [1.82, 2.24) is 15.1 Å². The maximum Gasteiger partial charge on any atom is 0.361 e. The zero-order valence-corrected chi connectivity index (χ0v) is 14.5. The van der Waals surface area contributed by atoms with E-state index in [1.165, 1.54) is 11.9 Å². The summed E-state index contributed by atoms with van der Waals surface area (Å²) in [5, 5.41) is 4.32. The highest BCUT2D eigenvalue weighted by atomic mass is 16.5. The topological polar surface area (TPSA) is 81.3 Å². The van der Waals surface area contributed by atoms with E-state index in [9.17, 15) is 4.79 Å². The summed E-state index contributed by atoms with van der Waals surface area (Å²) in [7, 11) is 0. The van der Waals surface area contributed by atoms with Crippen molar-refractivity contribution in [3.8, 4) is 0 Å². The molecule has 0 fully saturated rings. The van der Waals surface area contributed by atoms with Crippen molar-refractivity contribution in [3.63, 3.8) is 0 Å². The Morgan fingerprint density at radius 3 is 2.72 bits per heavy atom. The third-order valence-electron chi connectivity index (χ3n) is 3.96. The lowest BCUT2D eigenvalue weighted by atomic mass is 10.1. The first kappa shape index (κ1) is 16.9. The molecule has 7 heteroatoms. The Morgan fingerprint density at radius 1 is 1.20 bits per heavy atom. The van der Waals surface area contributed by atoms with Crippen LogP contribution >= 0.6 is 0 Å². The van der Waals surface area contributed by atoms with Gasteiger partial charge in [-0.3, -0.25) is 0 Å². The highest BCUT2D eigenvalue weighted by Crippen LogP contribution is 2.33. The van der Waals surface area contributed by atoms with Gasteiger partial charge < -0.3 is 14.2 Å². The van der Waals surface area contributed by atoms with Crippen LogP contribution < -0.4 is 4.90 Å². The van der Waals surface area contributed by atoms with Crippen LogP contribution in [0.4, 0.5) is 11.5 Å². The number of ether oxygens (including phenoxy) is 1. The standard InChI is InChI=1S/C18H20N4O3/c1-4-12-9-7-8-10-13(12)22(5-2)16-14-15(18(23)24-6-3)21-25-17(14)20-11-19-16/h7-11H,4-6H2,1-3H3. The van der Waals surface area contributed by atoms with Gasteiger partial charge in [0.05, 0.1) is 6.61 Å². The summed E-state index contributed by atoms with van der Waals surface area (Å²) < 4.78 is 10.3. The molecule has 0 atom stereocenters. The van der Waals surface area contributed by atoms with Crippen LogP contribution in [0, 0.1) is 0 Å². The molecule has 0 saturated carbocycles. The first-order chi connectivity index (χ1) is 12.2. The number of esters is 1. The number of aromatic nitrogens is 3. The number of nitrogens with zero attached hydrogens (tertiary/aromatic N) is 4. The number of anilines is 2. The Hall–Kier alpha value is -2.96. The lowest BCUT2D eigenvalue weighted by molar-refractivity contribution is 0.0517. The van der Waals surface area contributed by atoms with Crippen LogP contribution in [0.2, 0.25) is 0 Å². The number of hydrogen-bond acceptors (Lipinski definition) is 7. The molecule has 0 spiro atoms. The van der Waals surface area contributed by atoms with Crippen molar-refractivity contribution in [2.45, 2.75) is 27.2 Å². The number of carbonyl (C=O) groups is 1. The average molecular weight is 340 g/mol. The van der Waals surface area contributed by atoms with Gasteiger partial charge in [0.25, 0.3) is 5.71 Å². The zero-order valence-electron chi connectivity index (χ0n) is 14.5. The summed E-state index contributed by atoms with van der Waals surface area (Å²) in [6.45, 7) is 6.79. The Morgan fingerprint density at radius 2 is 2.00 bits per heavy atom. The predicted octanol–water partition coefficient (Wildman–Crippen LogP) is 3.51. The third-order valence-corrected chi connectivity index (χ3v) is 3.96. The summed E-state index contributed by atoms with van der Waals surface area (Å²) >= 11 is 0. The first-order valence-electron chi connectivity index (χ1n) is 8.34. The molecule has 0 aliphatic rings. The Balaban J connectivity index is 2.19. The lowest BCUT2D eigenvalue weighted by Gasteiger charge is -2.24. The molecule has 7 nitrogen and oxygen atoms in total. The molecule has 0 N–H and O–H groups in total. The number of fused-ring (bicyclic) bond motifs is 1. The van der Waals surface area contributed by atoms with E-state index in [2.05, 4.69) is 28.1 Å². The van der Waals surface area contributed by atoms with E-state index in [1.54, 1.807) is 6.92 Å². The molecule has 3 rings (SSSR count). The first-order valence-corrected chi connectivity index (χ1v) is 8.34. The SMILES string of the molecule is CCOC(=O)c1noc2ncnc(N(CC)c3ccccc3CC)c12. The van der Waals surface area contributed by atoms with Gasteiger partial charge >= 0.3 is 5.97 Å². The van der Waals surface area contributed by atoms with E-state index in [4.69, 9.17) is 9.26 Å². The molecule has 2 heterocycles. The van der Waals surface area contributed by atoms with Crippen LogP contribution in [0.5, 0.6) is 0 Å². The molecule has 0 bridgehead atoms. The summed E-state index contributed by atoms with van der Waals surface area (Å²) in [5.41, 5.74) is 2.58. The van der Waals surface area contributed by atoms with E-state index in [-0.39, 0.29) is 18.0 Å². The van der Waals surface area contributed by atoms with Crippen LogP contribution in [0.3, 0.4) is 0 Å². The minimum atomic E-state index is -0.544. The van der Waals surface area contributed by atoms with E-state index < -0.39 is 5.97 Å². The number of rotatable bonds is 6. The van der Waals surface area contributed by atoms with Crippen molar-refractivity contribution < 1.29 is 14.1 Å². The Kier molecular flexibility index (Phi) is 4.92. The maximum absolute atomic E-state index is 12.2. The van der Waals surface area contributed by atoms with E-state index in [0.717, 1.165) is 12.1 Å². The van der Waals surface area contributed by atoms with E-state index in [1.807, 2.05) is 30.0 Å². The molecule has 0 aliphatic carbocycles. The monoisotopic (exact) mass is 340 g/mol. The van der Waals surface area contributed by atoms with Gasteiger partial charge in [0.1, 0.15) is 17.5 Å². The smallest absolute Gasteiger partial charge is 0.361 e. The molecule has 0 radical (unpaired) electrons. The van der Waals surface area contributed by atoms with Gasteiger partial charge in [-0.2, -0.15) is 4.98 Å². The largest absolute Gasteiger partial charge is 0.461 e. The van der Waals surface area contributed by atoms with Gasteiger partial charge in [0, 0.05) is 12.2 Å². The average Bonchev–Trinajstić information content (AvgIpc) is 3.08. The molecule has 2 aromatic heterocycles. The van der Waals surface area contributed by atoms with E-state index >= 15 is 0 Å². The molecule has 0 unspecified atom stereocenters. The normalized spacial score (nSPS) is 10.8. The quantitative estimate of drug-likeness (QED) is 0.635. The second-order valence-corrected chi connectivity index (χ2v) is 5.36. The van der Waals surface area contributed by atoms with Crippen molar-refractivity contribution in [2.75, 3.05) is 18.1 Å². The molecule has 3 aromatic rings. The highest BCUT2D eigenvalue weighted by molar-refractivity contribution is 6.05. The van der Waals surface area contributed by atoms with Gasteiger partial charge in [-0.05, 0) is 31.9 Å². The fraction of sp³-hybridized carbons (Fsp3) is 0.333. The number of carbonyl (C=O) groups excluding carboxylic acids is 1. The number of benzene rings is 1. The Labute approximate surface area is 145 Å². The third kappa shape index (κ3) is 3.05. The van der Waals surface area contributed by atoms with Crippen molar-refractivity contribution in [3.05, 3.63) is 41.9 Å². The molecule has 130 valence electrons. The summed E-state index contributed by atoms with van der Waals surface area (Å²) in [5.74, 6) is 0.0369. The molecule has 1 aromatic carbocycles. The van der Waals surface area contributed by atoms with Gasteiger partial charge in [-0.25, -0.2) is 9.78 Å². The maximum atomic E-state index is 12.2. The van der Waals surface area contributed by atoms with Crippen LogP contribution in [0.15, 0.2) is 35.1 Å². The zero-order chi connectivity index (χ0) is 17.8. The molecule has 0 saturated heterocycles. The fourth-order valence-electron chi connectivity index (χ4n) is 2.82. The molecule has 0 aliphatic heterocycles. The van der Waals surface area contributed by atoms with Crippen molar-refractivity contribution in [1.29, 1.82) is 0 Å².